The molecule has 1 saturated heterocycles. The van der Waals surface area contributed by atoms with Crippen LogP contribution in [0.1, 0.15) is 25.0 Å². The topological polar surface area (TPSA) is 80.6 Å². The normalized spacial score (nSPS) is 22.7. The molecule has 0 radical (unpaired) electrons. The van der Waals surface area contributed by atoms with Crippen molar-refractivity contribution in [2.45, 2.75) is 56.3 Å². The molecule has 0 aliphatic carbocycles. The molecule has 1 aliphatic rings. The molecule has 0 spiro atoms. The SMILES string of the molecule is Cc1ccc([S@](=O)N[C@@H](C#N)[C@@H]2OC(C)(C)O[C@H]2COCc2ccccc2)cc1. The zero-order chi connectivity index (χ0) is 20.9. The van der Waals surface area contributed by atoms with E-state index in [-0.39, 0.29) is 6.61 Å². The van der Waals surface area contributed by atoms with E-state index < -0.39 is 35.0 Å². The van der Waals surface area contributed by atoms with Gasteiger partial charge in [-0.1, -0.05) is 48.0 Å². The Morgan fingerprint density at radius 1 is 1.17 bits per heavy atom. The van der Waals surface area contributed by atoms with Gasteiger partial charge in [0.15, 0.2) is 5.79 Å². The van der Waals surface area contributed by atoms with Gasteiger partial charge in [0.25, 0.3) is 0 Å². The van der Waals surface area contributed by atoms with Crippen molar-refractivity contribution in [2.75, 3.05) is 6.61 Å². The number of hydrogen-bond donors (Lipinski definition) is 1. The Bertz CT molecular complexity index is 865. The smallest absolute Gasteiger partial charge is 0.164 e. The van der Waals surface area contributed by atoms with Gasteiger partial charge in [0.05, 0.1) is 24.2 Å². The minimum Gasteiger partial charge on any atom is -0.374 e. The van der Waals surface area contributed by atoms with Crippen molar-refractivity contribution in [2.24, 2.45) is 0 Å². The number of nitrogens with zero attached hydrogens (tertiary/aromatic N) is 1. The number of aryl methyl sites for hydroxylation is 1. The van der Waals surface area contributed by atoms with Crippen LogP contribution in [0, 0.1) is 18.3 Å². The van der Waals surface area contributed by atoms with Crippen LogP contribution in [-0.2, 0) is 31.8 Å². The third-order valence-electron chi connectivity index (χ3n) is 4.55. The molecular weight excluding hydrogens is 388 g/mol. The van der Waals surface area contributed by atoms with Crippen LogP contribution in [0.2, 0.25) is 0 Å². The average Bonchev–Trinajstić information content (AvgIpc) is 3.01. The minimum atomic E-state index is -1.54. The monoisotopic (exact) mass is 414 g/mol. The first-order valence-corrected chi connectivity index (χ1v) is 10.6. The molecule has 7 heteroatoms. The lowest BCUT2D eigenvalue weighted by Gasteiger charge is -2.22. The number of nitriles is 1. The lowest BCUT2D eigenvalue weighted by atomic mass is 10.1. The largest absolute Gasteiger partial charge is 0.374 e. The molecule has 0 aromatic heterocycles. The standard InChI is InChI=1S/C22H26N2O4S/c1-16-9-11-18(12-10-16)29(25)24-19(13-23)21-20(27-22(2,3)28-21)15-26-14-17-7-5-4-6-8-17/h4-12,19-21,24H,14-15H2,1-3H3/t19-,20-,21-,29-/m0/s1. The Kier molecular flexibility index (Phi) is 7.17. The summed E-state index contributed by atoms with van der Waals surface area (Å²) < 4.78 is 33.2. The summed E-state index contributed by atoms with van der Waals surface area (Å²) in [6, 6.07) is 18.5. The molecule has 1 aliphatic heterocycles. The summed E-state index contributed by atoms with van der Waals surface area (Å²) >= 11 is 0. The third kappa shape index (κ3) is 5.95. The number of rotatable bonds is 8. The molecule has 3 rings (SSSR count). The van der Waals surface area contributed by atoms with Crippen LogP contribution in [0.15, 0.2) is 59.5 Å². The molecule has 0 bridgehead atoms. The second-order valence-electron chi connectivity index (χ2n) is 7.45. The van der Waals surface area contributed by atoms with Crippen LogP contribution in [-0.4, -0.2) is 34.9 Å². The van der Waals surface area contributed by atoms with Gasteiger partial charge in [-0.3, -0.25) is 0 Å². The van der Waals surface area contributed by atoms with E-state index in [0.717, 1.165) is 11.1 Å². The summed E-state index contributed by atoms with van der Waals surface area (Å²) in [4.78, 5) is 0.603. The molecule has 1 fully saturated rings. The fraction of sp³-hybridized carbons (Fsp3) is 0.409. The van der Waals surface area contributed by atoms with Gasteiger partial charge >= 0.3 is 0 Å². The van der Waals surface area contributed by atoms with E-state index in [1.54, 1.807) is 26.0 Å². The Labute approximate surface area is 174 Å². The fourth-order valence-corrected chi connectivity index (χ4v) is 4.09. The summed E-state index contributed by atoms with van der Waals surface area (Å²) in [5.41, 5.74) is 2.13. The van der Waals surface area contributed by atoms with Gasteiger partial charge in [0.1, 0.15) is 29.2 Å². The molecule has 6 nitrogen and oxygen atoms in total. The molecule has 2 aromatic carbocycles. The molecule has 2 aromatic rings. The maximum absolute atomic E-state index is 12.7. The predicted octanol–water partition coefficient (Wildman–Crippen LogP) is 3.24. The zero-order valence-electron chi connectivity index (χ0n) is 16.8. The quantitative estimate of drug-likeness (QED) is 0.717. The van der Waals surface area contributed by atoms with E-state index in [1.165, 1.54) is 0 Å². The fourth-order valence-electron chi connectivity index (χ4n) is 3.15. The van der Waals surface area contributed by atoms with Crippen LogP contribution in [0.5, 0.6) is 0 Å². The lowest BCUT2D eigenvalue weighted by Crippen LogP contribution is -2.46. The first kappa shape index (κ1) is 21.6. The number of ether oxygens (including phenoxy) is 3. The number of nitrogens with one attached hydrogen (secondary N) is 1. The highest BCUT2D eigenvalue weighted by molar-refractivity contribution is 7.83. The van der Waals surface area contributed by atoms with E-state index in [1.807, 2.05) is 49.4 Å². The molecule has 0 saturated carbocycles. The summed E-state index contributed by atoms with van der Waals surface area (Å²) in [6.07, 6.45) is -1.07. The predicted molar refractivity (Wildman–Crippen MR) is 110 cm³/mol. The van der Waals surface area contributed by atoms with E-state index in [4.69, 9.17) is 14.2 Å². The molecule has 0 amide bonds. The molecule has 154 valence electrons. The van der Waals surface area contributed by atoms with Crippen molar-refractivity contribution in [1.29, 1.82) is 5.26 Å². The van der Waals surface area contributed by atoms with E-state index in [0.29, 0.717) is 11.5 Å². The molecule has 1 heterocycles. The lowest BCUT2D eigenvalue weighted by molar-refractivity contribution is -0.151. The summed E-state index contributed by atoms with van der Waals surface area (Å²) in [5.74, 6) is -0.854. The highest BCUT2D eigenvalue weighted by Gasteiger charge is 2.46. The van der Waals surface area contributed by atoms with Crippen LogP contribution in [0.25, 0.3) is 0 Å². The Hall–Kier alpha value is -2.08. The summed E-state index contributed by atoms with van der Waals surface area (Å²) in [7, 11) is -1.54. The average molecular weight is 415 g/mol. The number of hydrogen-bond acceptors (Lipinski definition) is 5. The zero-order valence-corrected chi connectivity index (χ0v) is 17.6. The van der Waals surface area contributed by atoms with Crippen molar-refractivity contribution in [3.63, 3.8) is 0 Å². The Balaban J connectivity index is 1.64. The maximum atomic E-state index is 12.7. The van der Waals surface area contributed by atoms with Gasteiger partial charge in [-0.2, -0.15) is 5.26 Å². The van der Waals surface area contributed by atoms with Crippen molar-refractivity contribution < 1.29 is 18.4 Å². The minimum absolute atomic E-state index is 0.264. The third-order valence-corrected chi connectivity index (χ3v) is 5.72. The first-order valence-electron chi connectivity index (χ1n) is 9.49. The van der Waals surface area contributed by atoms with Crippen molar-refractivity contribution in [3.05, 3.63) is 65.7 Å². The van der Waals surface area contributed by atoms with E-state index in [9.17, 15) is 9.47 Å². The van der Waals surface area contributed by atoms with Crippen molar-refractivity contribution >= 4 is 11.0 Å². The highest BCUT2D eigenvalue weighted by atomic mass is 32.2. The summed E-state index contributed by atoms with van der Waals surface area (Å²) in [5, 5.41) is 9.69. The van der Waals surface area contributed by atoms with Gasteiger partial charge in [0.2, 0.25) is 0 Å². The van der Waals surface area contributed by atoms with Gasteiger partial charge in [-0.25, -0.2) is 8.93 Å². The maximum Gasteiger partial charge on any atom is 0.164 e. The van der Waals surface area contributed by atoms with Gasteiger partial charge in [-0.15, -0.1) is 0 Å². The van der Waals surface area contributed by atoms with Crippen LogP contribution in [0.3, 0.4) is 0 Å². The van der Waals surface area contributed by atoms with Crippen LogP contribution in [0.4, 0.5) is 0 Å². The highest BCUT2D eigenvalue weighted by Crippen LogP contribution is 2.30. The van der Waals surface area contributed by atoms with E-state index in [2.05, 4.69) is 10.8 Å². The number of benzene rings is 2. The Morgan fingerprint density at radius 2 is 1.86 bits per heavy atom. The molecule has 4 atom stereocenters. The van der Waals surface area contributed by atoms with Crippen molar-refractivity contribution in [3.8, 4) is 6.07 Å². The second kappa shape index (κ2) is 9.61. The van der Waals surface area contributed by atoms with Gasteiger partial charge in [-0.05, 0) is 38.5 Å². The molecular formula is C22H26N2O4S. The van der Waals surface area contributed by atoms with Gasteiger partial charge < -0.3 is 14.2 Å². The first-order chi connectivity index (χ1) is 13.9. The molecule has 29 heavy (non-hydrogen) atoms. The Morgan fingerprint density at radius 3 is 2.52 bits per heavy atom. The van der Waals surface area contributed by atoms with Crippen LogP contribution < -0.4 is 4.72 Å². The van der Waals surface area contributed by atoms with Gasteiger partial charge in [0, 0.05) is 0 Å². The second-order valence-corrected chi connectivity index (χ2v) is 8.69. The molecule has 1 N–H and O–H groups in total. The van der Waals surface area contributed by atoms with E-state index >= 15 is 0 Å². The van der Waals surface area contributed by atoms with Crippen LogP contribution >= 0.6 is 0 Å². The molecule has 0 unspecified atom stereocenters. The summed E-state index contributed by atoms with van der Waals surface area (Å²) in [6.45, 7) is 6.25. The van der Waals surface area contributed by atoms with Crippen molar-refractivity contribution in [1.82, 2.24) is 4.72 Å².